The first-order chi connectivity index (χ1) is 16.2. The minimum Gasteiger partial charge on any atom is -0.484 e. The molecule has 0 saturated carbocycles. The lowest BCUT2D eigenvalue weighted by atomic mass is 9.89. The molecule has 2 saturated heterocycles. The van der Waals surface area contributed by atoms with E-state index in [0.717, 1.165) is 36.4 Å². The first-order valence-electron chi connectivity index (χ1n) is 11.3. The molecule has 0 radical (unpaired) electrons. The Morgan fingerprint density at radius 3 is 2.24 bits per heavy atom. The number of benzene rings is 1. The normalized spacial score (nSPS) is 26.0. The second-order valence-electron chi connectivity index (χ2n) is 9.14. The molecule has 0 aromatic heterocycles. The van der Waals surface area contributed by atoms with E-state index in [1.54, 1.807) is 4.90 Å². The predicted molar refractivity (Wildman–Crippen MR) is 113 cm³/mol. The van der Waals surface area contributed by atoms with E-state index in [9.17, 15) is 22.8 Å². The third-order valence-corrected chi connectivity index (χ3v) is 6.90. The number of alkyl halides is 3. The Hall–Kier alpha value is -3.15. The van der Waals surface area contributed by atoms with Crippen molar-refractivity contribution < 1.29 is 32.2 Å². The molecule has 4 aliphatic rings. The van der Waals surface area contributed by atoms with Gasteiger partial charge in [-0.1, -0.05) is 0 Å². The standard InChI is InChI=1S/C22H26F3N5O4/c23-22(24,25)34-17-4-2-16(3-5-17)33-12-20(31)29-8-14-10-30(11-15(14)9-29)21(32)13-1-6-18-19(7-13)27-28-26-18/h2-5,13-15,26-28H,1,6-12H2/t13-,14-,15-/m1/s1. The van der Waals surface area contributed by atoms with Crippen LogP contribution in [0, 0.1) is 17.8 Å². The molecule has 184 valence electrons. The van der Waals surface area contributed by atoms with Gasteiger partial charge in [-0.3, -0.25) is 9.59 Å². The molecule has 3 N–H and O–H groups in total. The molecule has 3 atom stereocenters. The van der Waals surface area contributed by atoms with Crippen LogP contribution in [0.4, 0.5) is 13.2 Å². The highest BCUT2D eigenvalue weighted by Gasteiger charge is 2.44. The lowest BCUT2D eigenvalue weighted by molar-refractivity contribution is -0.274. The van der Waals surface area contributed by atoms with Crippen molar-refractivity contribution in [2.45, 2.75) is 25.6 Å². The van der Waals surface area contributed by atoms with E-state index < -0.39 is 6.36 Å². The van der Waals surface area contributed by atoms with Gasteiger partial charge < -0.3 is 30.1 Å². The number of halogens is 3. The number of carbonyl (C=O) groups excluding carboxylic acids is 2. The second-order valence-corrected chi connectivity index (χ2v) is 9.14. The Kier molecular flexibility index (Phi) is 5.92. The zero-order valence-electron chi connectivity index (χ0n) is 18.4. The molecule has 5 rings (SSSR count). The Morgan fingerprint density at radius 1 is 0.941 bits per heavy atom. The van der Waals surface area contributed by atoms with Gasteiger partial charge in [0.25, 0.3) is 5.91 Å². The highest BCUT2D eigenvalue weighted by atomic mass is 19.4. The van der Waals surface area contributed by atoms with E-state index in [0.29, 0.717) is 32.6 Å². The summed E-state index contributed by atoms with van der Waals surface area (Å²) >= 11 is 0. The summed E-state index contributed by atoms with van der Waals surface area (Å²) in [5.74, 6) is 0.417. The minimum atomic E-state index is -4.76. The SMILES string of the molecule is O=C(COc1ccc(OC(F)(F)F)cc1)N1C[C@@H]2CN(C(=O)[C@@H]3CCC4=C(C3)NNN4)C[C@H]2C1. The number of nitrogens with zero attached hydrogens (tertiary/aromatic N) is 2. The molecule has 2 fully saturated rings. The van der Waals surface area contributed by atoms with Crippen molar-refractivity contribution >= 4 is 11.8 Å². The number of likely N-dealkylation sites (tertiary alicyclic amines) is 2. The Bertz CT molecular complexity index is 970. The topological polar surface area (TPSA) is 95.2 Å². The van der Waals surface area contributed by atoms with Crippen molar-refractivity contribution in [3.05, 3.63) is 35.7 Å². The lowest BCUT2D eigenvalue weighted by Gasteiger charge is -2.28. The Labute approximate surface area is 194 Å². The summed E-state index contributed by atoms with van der Waals surface area (Å²) in [5.41, 5.74) is 11.2. The van der Waals surface area contributed by atoms with E-state index >= 15 is 0 Å². The Morgan fingerprint density at radius 2 is 1.56 bits per heavy atom. The monoisotopic (exact) mass is 481 g/mol. The van der Waals surface area contributed by atoms with E-state index in [2.05, 4.69) is 21.1 Å². The van der Waals surface area contributed by atoms with Crippen LogP contribution in [0.2, 0.25) is 0 Å². The van der Waals surface area contributed by atoms with Gasteiger partial charge in [0.2, 0.25) is 5.91 Å². The summed E-state index contributed by atoms with van der Waals surface area (Å²) in [5, 5.41) is 0. The van der Waals surface area contributed by atoms with E-state index in [1.807, 2.05) is 4.90 Å². The second kappa shape index (κ2) is 8.90. The number of fused-ring (bicyclic) bond motifs is 1. The molecule has 2 amide bonds. The fourth-order valence-electron chi connectivity index (χ4n) is 5.21. The fraction of sp³-hybridized carbons (Fsp3) is 0.545. The van der Waals surface area contributed by atoms with Crippen LogP contribution < -0.4 is 25.9 Å². The van der Waals surface area contributed by atoms with Gasteiger partial charge in [-0.05, 0) is 37.1 Å². The third kappa shape index (κ3) is 4.86. The zero-order valence-corrected chi connectivity index (χ0v) is 18.4. The van der Waals surface area contributed by atoms with Crippen molar-refractivity contribution in [2.24, 2.45) is 17.8 Å². The molecule has 0 spiro atoms. The van der Waals surface area contributed by atoms with Crippen LogP contribution >= 0.6 is 0 Å². The number of hydrogen-bond donors (Lipinski definition) is 3. The maximum absolute atomic E-state index is 13.1. The number of rotatable bonds is 5. The van der Waals surface area contributed by atoms with Gasteiger partial charge in [-0.25, -0.2) is 0 Å². The maximum Gasteiger partial charge on any atom is 0.573 e. The van der Waals surface area contributed by atoms with Crippen LogP contribution in [0.5, 0.6) is 11.5 Å². The van der Waals surface area contributed by atoms with Gasteiger partial charge in [0.15, 0.2) is 6.61 Å². The molecule has 9 nitrogen and oxygen atoms in total. The molecular weight excluding hydrogens is 455 g/mol. The van der Waals surface area contributed by atoms with Crippen LogP contribution in [-0.2, 0) is 9.59 Å². The van der Waals surface area contributed by atoms with Crippen LogP contribution in [-0.4, -0.2) is 60.8 Å². The molecule has 0 unspecified atom stereocenters. The zero-order chi connectivity index (χ0) is 23.9. The highest BCUT2D eigenvalue weighted by Crippen LogP contribution is 2.35. The number of amides is 2. The number of carbonyl (C=O) groups is 2. The molecule has 3 aliphatic heterocycles. The molecule has 1 aromatic carbocycles. The van der Waals surface area contributed by atoms with Gasteiger partial charge in [-0.15, -0.1) is 13.2 Å². The molecule has 0 bridgehead atoms. The number of hydrogen-bond acceptors (Lipinski definition) is 7. The van der Waals surface area contributed by atoms with Crippen molar-refractivity contribution in [1.82, 2.24) is 26.2 Å². The summed E-state index contributed by atoms with van der Waals surface area (Å²) in [6.45, 7) is 2.26. The summed E-state index contributed by atoms with van der Waals surface area (Å²) in [6, 6.07) is 4.93. The smallest absolute Gasteiger partial charge is 0.484 e. The summed E-state index contributed by atoms with van der Waals surface area (Å²) in [4.78, 5) is 29.3. The van der Waals surface area contributed by atoms with Gasteiger partial charge in [-0.2, -0.15) is 5.53 Å². The van der Waals surface area contributed by atoms with Crippen molar-refractivity contribution in [3.63, 3.8) is 0 Å². The number of nitrogens with one attached hydrogen (secondary N) is 3. The number of hydrazine groups is 2. The van der Waals surface area contributed by atoms with Gasteiger partial charge in [0.05, 0.1) is 0 Å². The summed E-state index contributed by atoms with van der Waals surface area (Å²) in [7, 11) is 0. The predicted octanol–water partition coefficient (Wildman–Crippen LogP) is 1.50. The maximum atomic E-state index is 13.1. The first-order valence-corrected chi connectivity index (χ1v) is 11.3. The Balaban J connectivity index is 1.07. The molecule has 1 aliphatic carbocycles. The fourth-order valence-corrected chi connectivity index (χ4v) is 5.21. The molecule has 34 heavy (non-hydrogen) atoms. The highest BCUT2D eigenvalue weighted by molar-refractivity contribution is 5.80. The van der Waals surface area contributed by atoms with Gasteiger partial charge in [0.1, 0.15) is 11.5 Å². The third-order valence-electron chi connectivity index (χ3n) is 6.90. The number of allylic oxidation sites excluding steroid dienone is 2. The van der Waals surface area contributed by atoms with Crippen LogP contribution in [0.3, 0.4) is 0 Å². The van der Waals surface area contributed by atoms with Crippen molar-refractivity contribution in [1.29, 1.82) is 0 Å². The van der Waals surface area contributed by atoms with Gasteiger partial charge >= 0.3 is 6.36 Å². The quantitative estimate of drug-likeness (QED) is 0.587. The van der Waals surface area contributed by atoms with Crippen LogP contribution in [0.25, 0.3) is 0 Å². The van der Waals surface area contributed by atoms with Crippen LogP contribution in [0.1, 0.15) is 19.3 Å². The van der Waals surface area contributed by atoms with Crippen molar-refractivity contribution in [2.75, 3.05) is 32.8 Å². The van der Waals surface area contributed by atoms with E-state index in [4.69, 9.17) is 4.74 Å². The van der Waals surface area contributed by atoms with Crippen LogP contribution in [0.15, 0.2) is 35.7 Å². The summed E-state index contributed by atoms with van der Waals surface area (Å²) < 4.78 is 46.0. The lowest BCUT2D eigenvalue weighted by Crippen LogP contribution is -2.40. The van der Waals surface area contributed by atoms with Crippen molar-refractivity contribution in [3.8, 4) is 11.5 Å². The van der Waals surface area contributed by atoms with Gasteiger partial charge in [0, 0.05) is 61.7 Å². The van der Waals surface area contributed by atoms with E-state index in [-0.39, 0.29) is 47.7 Å². The first kappa shape index (κ1) is 22.6. The average Bonchev–Trinajstić information content (AvgIpc) is 3.51. The molecular formula is C22H26F3N5O4. The minimum absolute atomic E-state index is 0.0224. The largest absolute Gasteiger partial charge is 0.573 e. The summed E-state index contributed by atoms with van der Waals surface area (Å²) in [6.07, 6.45) is -2.39. The molecule has 1 aromatic rings. The molecule has 3 heterocycles. The van der Waals surface area contributed by atoms with E-state index in [1.165, 1.54) is 12.1 Å². The number of ether oxygens (including phenoxy) is 2. The molecule has 12 heteroatoms. The average molecular weight is 481 g/mol.